The molecule has 9 atom stereocenters. The number of carbonyl (C=O) groups excluding carboxylic acids is 6. The van der Waals surface area contributed by atoms with Gasteiger partial charge in [0.2, 0.25) is 0 Å². The van der Waals surface area contributed by atoms with Gasteiger partial charge in [-0.3, -0.25) is 58.8 Å². The van der Waals surface area contributed by atoms with Gasteiger partial charge in [-0.1, -0.05) is 117 Å². The van der Waals surface area contributed by atoms with Crippen molar-refractivity contribution in [3.8, 4) is 0 Å². The largest absolute Gasteiger partial charge is 0.481 e. The number of esters is 3. The number of thiazole rings is 3. The van der Waals surface area contributed by atoms with Crippen LogP contribution >= 0.6 is 84.7 Å². The summed E-state index contributed by atoms with van der Waals surface area (Å²) >= 11 is 27.3. The monoisotopic (exact) mass is 2130 g/mol. The zero-order valence-corrected chi connectivity index (χ0v) is 84.8. The number of hydrogen-bond donors (Lipinski definition) is 6. The van der Waals surface area contributed by atoms with E-state index in [1.54, 1.807) is 85.0 Å². The number of urea groups is 3. The molecule has 750 valence electrons. The minimum absolute atomic E-state index is 0.0362. The molecule has 6 N–H and O–H groups in total. The third-order valence-electron chi connectivity index (χ3n) is 26.3. The van der Waals surface area contributed by atoms with Gasteiger partial charge in [-0.15, -0.1) is 34.0 Å². The van der Waals surface area contributed by atoms with Crippen molar-refractivity contribution in [1.29, 1.82) is 0 Å². The quantitative estimate of drug-likeness (QED) is 0.0164. The molecular formula is C99H103BrCl3FN18O18S3. The minimum atomic E-state index is -0.858. The van der Waals surface area contributed by atoms with E-state index < -0.39 is 59.8 Å². The van der Waals surface area contributed by atoms with Gasteiger partial charge in [-0.2, -0.15) is 0 Å². The number of aryl methyl sites for hydroxylation is 3. The number of methoxy groups -OCH3 is 6. The van der Waals surface area contributed by atoms with Crippen LogP contribution in [-0.2, 0) is 76.5 Å². The summed E-state index contributed by atoms with van der Waals surface area (Å²) in [5, 5.41) is 46.0. The van der Waals surface area contributed by atoms with Crippen molar-refractivity contribution in [3.63, 3.8) is 0 Å². The number of amides is 6. The molecule has 0 bridgehead atoms. The van der Waals surface area contributed by atoms with Gasteiger partial charge < -0.3 is 74.4 Å². The van der Waals surface area contributed by atoms with Crippen molar-refractivity contribution in [2.24, 2.45) is 15.0 Å². The Morgan fingerprint density at radius 3 is 1.06 bits per heavy atom. The summed E-state index contributed by atoms with van der Waals surface area (Å²) in [7, 11) is 8.88. The molecule has 9 aliphatic rings. The molecule has 0 saturated carbocycles. The van der Waals surface area contributed by atoms with Gasteiger partial charge in [0, 0.05) is 219 Å². The van der Waals surface area contributed by atoms with Crippen molar-refractivity contribution in [2.75, 3.05) is 156 Å². The lowest BCUT2D eigenvalue weighted by Gasteiger charge is -2.44. The Kier molecular flexibility index (Phi) is 33.9. The number of nitrogens with zero attached hydrogens (tertiary/aromatic N) is 15. The van der Waals surface area contributed by atoms with E-state index in [0.29, 0.717) is 208 Å². The van der Waals surface area contributed by atoms with Gasteiger partial charge >= 0.3 is 53.9 Å². The number of aromatic nitrogens is 3. The van der Waals surface area contributed by atoms with Crippen LogP contribution in [0.1, 0.15) is 85.8 Å². The topological polar surface area (TPSA) is 411 Å². The number of piperazine rings is 3. The fraction of sp³-hybridized carbons (Fsp3) is 0.364. The van der Waals surface area contributed by atoms with Crippen LogP contribution in [0, 0.1) is 5.82 Å². The maximum absolute atomic E-state index is 14.1. The number of aliphatic imine (C=N–C) groups is 3. The van der Waals surface area contributed by atoms with Gasteiger partial charge in [-0.25, -0.2) is 48.1 Å². The number of anilines is 3. The van der Waals surface area contributed by atoms with E-state index in [-0.39, 0.29) is 85.7 Å². The van der Waals surface area contributed by atoms with Crippen LogP contribution in [0.2, 0.25) is 15.1 Å². The number of amidine groups is 3. The number of carboxylic acid groups (broad SMARTS) is 3. The molecule has 6 aromatic carbocycles. The van der Waals surface area contributed by atoms with Crippen molar-refractivity contribution in [2.45, 2.75) is 92.9 Å². The molecule has 0 spiro atoms. The maximum Gasteiger partial charge on any atom is 0.338 e. The first-order valence-corrected chi connectivity index (χ1v) is 50.4. The summed E-state index contributed by atoms with van der Waals surface area (Å²) in [6.07, 6.45) is 6.44. The smallest absolute Gasteiger partial charge is 0.338 e. The van der Waals surface area contributed by atoms with Gasteiger partial charge in [-0.05, 0) is 108 Å². The molecule has 18 rings (SSSR count). The summed E-state index contributed by atoms with van der Waals surface area (Å²) in [5.74, 6) is -3.12. The van der Waals surface area contributed by atoms with Crippen LogP contribution in [0.3, 0.4) is 0 Å². The summed E-state index contributed by atoms with van der Waals surface area (Å²) in [6.45, 7) is 6.24. The Morgan fingerprint density at radius 1 is 0.427 bits per heavy atom. The summed E-state index contributed by atoms with van der Waals surface area (Å²) in [5.41, 5.74) is 9.49. The van der Waals surface area contributed by atoms with Crippen molar-refractivity contribution in [1.82, 2.24) is 60.3 Å². The number of carboxylic acids is 3. The maximum atomic E-state index is 14.1. The highest BCUT2D eigenvalue weighted by atomic mass is 79.9. The number of aliphatic carboxylic acids is 3. The number of halogens is 5. The molecule has 12 heterocycles. The average Bonchev–Trinajstić information content (AvgIpc) is 1.66. The van der Waals surface area contributed by atoms with Gasteiger partial charge in [0.05, 0.1) is 94.1 Å². The first-order chi connectivity index (χ1) is 69.1. The second kappa shape index (κ2) is 46.9. The highest BCUT2D eigenvalue weighted by Crippen LogP contribution is 2.44. The molecule has 0 unspecified atom stereocenters. The molecule has 0 aliphatic carbocycles. The Labute approximate surface area is 858 Å². The van der Waals surface area contributed by atoms with Gasteiger partial charge in [0.25, 0.3) is 0 Å². The predicted octanol–water partition coefficient (Wildman–Crippen LogP) is 12.8. The van der Waals surface area contributed by atoms with E-state index in [1.165, 1.54) is 67.5 Å². The van der Waals surface area contributed by atoms with Crippen LogP contribution in [0.5, 0.6) is 0 Å². The normalized spacial score (nSPS) is 21.3. The molecule has 143 heavy (non-hydrogen) atoms. The second-order valence-corrected chi connectivity index (χ2v) is 39.4. The predicted molar refractivity (Wildman–Crippen MR) is 541 cm³/mol. The molecule has 44 heteroatoms. The van der Waals surface area contributed by atoms with Crippen LogP contribution in [-0.4, -0.2) is 308 Å². The Hall–Kier alpha value is -12.5. The van der Waals surface area contributed by atoms with Crippen molar-refractivity contribution >= 4 is 173 Å². The number of fused-ring (bicyclic) bond motifs is 3. The first kappa shape index (κ1) is 103. The fourth-order valence-electron chi connectivity index (χ4n) is 19.4. The number of hydrogen-bond acceptors (Lipinski definition) is 30. The molecule has 6 fully saturated rings. The molecular weight excluding hydrogens is 2030 g/mol. The van der Waals surface area contributed by atoms with E-state index in [2.05, 4.69) is 61.5 Å². The molecule has 3 aromatic heterocycles. The van der Waals surface area contributed by atoms with Gasteiger partial charge in [0.15, 0.2) is 32.5 Å². The van der Waals surface area contributed by atoms with Crippen molar-refractivity contribution in [3.05, 3.63) is 276 Å². The molecule has 36 nitrogen and oxygen atoms in total. The minimum Gasteiger partial charge on any atom is -0.481 e. The Bertz CT molecular complexity index is 6160. The summed E-state index contributed by atoms with van der Waals surface area (Å²) in [6, 6.07) is 35.2. The lowest BCUT2D eigenvalue weighted by molar-refractivity contribution is -0.138. The first-order valence-electron chi connectivity index (χ1n) is 45.8. The lowest BCUT2D eigenvalue weighted by atomic mass is 9.94. The number of nitrogens with one attached hydrogen (secondary N) is 3. The standard InChI is InChI=1S/C33H34BrFN6O6S.C33H34Cl2N6O6S.C33H35ClN6O6S/c1-46-18-26-25-17-41(21-7-3-19(4-8-21)5-10-27(42)43)33(45)40(25)13-12-39(26)16-24-28(32(44)47-2)29(22-9-6-20(35)15-23(22)34)38-30(37-24)31-36-11-14-48-31;1-46-18-26-25-17-41(21-7-3-19(4-8-21)5-10-27(42)43)33(45)40(25)13-12-39(26)16-24-28(32(44)47-2)29(22-9-6-20(34)15-23(22)35)38-30(37-24)31-36-11-14-48-31;1-45-19-26-25-18-40(21-10-7-20(8-11-21)9-12-27(41)42)33(44)39(25)15-14-38(26)17-24-28(32(43)46-2)29(22-5-3-4-6-23(22)34)37-30(36-24)31-35-13-16-47-31/h2*3-4,6-9,11,14-15,25-26,29H,5,10,12-13,16-18H2,1-2H3,(H,37,38)(H,42,43);3-8,10-11,13,16,25-26,29H,9,12,14-15,17-19H2,1-2H3,(H,36,37)(H,41,42)/t3*25-,26-,29+/m111/s1. The van der Waals surface area contributed by atoms with Crippen molar-refractivity contribution < 1.29 is 91.3 Å². The third-order valence-corrected chi connectivity index (χ3v) is 30.2. The van der Waals surface area contributed by atoms with E-state index in [9.17, 15) is 47.5 Å². The van der Waals surface area contributed by atoms with E-state index in [4.69, 9.17) is 93.5 Å². The zero-order valence-electron chi connectivity index (χ0n) is 78.5. The van der Waals surface area contributed by atoms with Crippen LogP contribution < -0.4 is 30.7 Å². The van der Waals surface area contributed by atoms with Crippen LogP contribution in [0.25, 0.3) is 0 Å². The van der Waals surface area contributed by atoms with Crippen LogP contribution in [0.4, 0.5) is 35.8 Å². The zero-order chi connectivity index (χ0) is 101. The summed E-state index contributed by atoms with van der Waals surface area (Å²) < 4.78 is 47.5. The SMILES string of the molecule is COC[C@@H]1[C@H]2CN(c3ccc(CCC(=O)O)cc3)C(=O)N2CCN1CC1=C(C(=O)OC)[C@H](c2ccc(Cl)cc2Cl)N=C(c2nccs2)N1.COC[C@@H]1[C@H]2CN(c3ccc(CCC(=O)O)cc3)C(=O)N2CCN1CC1=C(C(=O)OC)[C@H](c2ccc(F)cc2Br)N=C(c2nccs2)N1.COC[C@@H]1[C@H]2CN(c3ccc(CCC(=O)O)cc3)C(=O)N2CCN1CC1=C(C(=O)OC)[C@H](c2ccccc2Cl)N=C(c2nccs2)N1. The number of ether oxygens (including phenoxy) is 6. The third kappa shape index (κ3) is 23.3. The molecule has 9 aliphatic heterocycles. The second-order valence-electron chi connectivity index (χ2n) is 34.7. The molecule has 0 radical (unpaired) electrons. The Balaban J connectivity index is 0.000000154. The summed E-state index contributed by atoms with van der Waals surface area (Å²) in [4.78, 5) is 160. The lowest BCUT2D eigenvalue weighted by Crippen LogP contribution is -2.61. The number of rotatable bonds is 33. The average molecular weight is 2130 g/mol. The van der Waals surface area contributed by atoms with Crippen LogP contribution in [0.15, 0.2) is 221 Å². The Morgan fingerprint density at radius 2 is 0.755 bits per heavy atom. The molecule has 6 amide bonds. The van der Waals surface area contributed by atoms with E-state index >= 15 is 0 Å². The highest BCUT2D eigenvalue weighted by molar-refractivity contribution is 9.10. The van der Waals surface area contributed by atoms with E-state index in [1.807, 2.05) is 122 Å². The number of carbonyl (C=O) groups is 9. The number of benzene rings is 6. The fourth-order valence-corrected chi connectivity index (χ4v) is 22.4. The highest BCUT2D eigenvalue weighted by Gasteiger charge is 2.52. The van der Waals surface area contributed by atoms with E-state index in [0.717, 1.165) is 33.8 Å². The molecule has 6 saturated heterocycles. The van der Waals surface area contributed by atoms with Gasteiger partial charge in [0.1, 0.15) is 23.9 Å². The molecule has 9 aromatic rings.